The third-order valence-electron chi connectivity index (χ3n) is 1.96. The molecule has 1 saturated heterocycles. The Kier molecular flexibility index (Phi) is 4.11. The maximum absolute atomic E-state index is 5.82. The summed E-state index contributed by atoms with van der Waals surface area (Å²) in [6.07, 6.45) is 2.45. The Morgan fingerprint density at radius 1 is 1.50 bits per heavy atom. The molecule has 3 nitrogen and oxygen atoms in total. The molecule has 0 aliphatic carbocycles. The zero-order chi connectivity index (χ0) is 10.6. The number of rotatable bonds is 1. The van der Waals surface area contributed by atoms with E-state index in [0.717, 1.165) is 5.75 Å². The second-order valence-electron chi connectivity index (χ2n) is 4.76. The van der Waals surface area contributed by atoms with Gasteiger partial charge in [0.25, 0.3) is 0 Å². The fourth-order valence-corrected chi connectivity index (χ4v) is 2.49. The molecule has 4 heteroatoms. The number of hydrogen-bond donors (Lipinski definition) is 2. The van der Waals surface area contributed by atoms with Crippen molar-refractivity contribution in [1.82, 2.24) is 5.32 Å². The van der Waals surface area contributed by atoms with E-state index < -0.39 is 0 Å². The van der Waals surface area contributed by atoms with Gasteiger partial charge >= 0.3 is 0 Å². The number of nitrogens with zero attached hydrogens (tertiary/aromatic N) is 1. The topological polar surface area (TPSA) is 50.4 Å². The highest BCUT2D eigenvalue weighted by molar-refractivity contribution is 7.99. The number of guanidine groups is 1. The van der Waals surface area contributed by atoms with Gasteiger partial charge in [-0.1, -0.05) is 0 Å². The van der Waals surface area contributed by atoms with Crippen molar-refractivity contribution >= 4 is 17.7 Å². The lowest BCUT2D eigenvalue weighted by Crippen LogP contribution is -2.45. The van der Waals surface area contributed by atoms with Crippen LogP contribution in [0.15, 0.2) is 4.99 Å². The van der Waals surface area contributed by atoms with E-state index in [4.69, 9.17) is 5.73 Å². The molecule has 0 radical (unpaired) electrons. The van der Waals surface area contributed by atoms with Crippen LogP contribution in [0.25, 0.3) is 0 Å². The Morgan fingerprint density at radius 2 is 2.21 bits per heavy atom. The van der Waals surface area contributed by atoms with E-state index in [9.17, 15) is 0 Å². The van der Waals surface area contributed by atoms with Crippen LogP contribution >= 0.6 is 11.8 Å². The minimum Gasteiger partial charge on any atom is -0.370 e. The average Bonchev–Trinajstić information content (AvgIpc) is 2.02. The minimum absolute atomic E-state index is 0.00932. The van der Waals surface area contributed by atoms with E-state index in [1.54, 1.807) is 0 Å². The fourth-order valence-electron chi connectivity index (χ4n) is 1.44. The summed E-state index contributed by atoms with van der Waals surface area (Å²) in [4.78, 5) is 4.48. The highest BCUT2D eigenvalue weighted by atomic mass is 32.2. The first-order valence-electron chi connectivity index (χ1n) is 5.16. The van der Waals surface area contributed by atoms with Crippen LogP contribution in [0.2, 0.25) is 0 Å². The molecular formula is C10H21N3S. The summed E-state index contributed by atoms with van der Waals surface area (Å²) in [5, 5.41) is 3.18. The largest absolute Gasteiger partial charge is 0.370 e. The van der Waals surface area contributed by atoms with Crippen molar-refractivity contribution in [2.45, 2.75) is 45.2 Å². The first-order chi connectivity index (χ1) is 6.47. The highest BCUT2D eigenvalue weighted by Gasteiger charge is 2.15. The van der Waals surface area contributed by atoms with E-state index in [1.807, 2.05) is 11.8 Å². The molecule has 0 amide bonds. The van der Waals surface area contributed by atoms with Crippen LogP contribution in [-0.2, 0) is 0 Å². The van der Waals surface area contributed by atoms with E-state index in [1.165, 1.54) is 18.6 Å². The first kappa shape index (κ1) is 11.7. The molecule has 1 aliphatic rings. The van der Waals surface area contributed by atoms with Gasteiger partial charge in [-0.25, -0.2) is 4.99 Å². The molecule has 14 heavy (non-hydrogen) atoms. The summed E-state index contributed by atoms with van der Waals surface area (Å²) in [6.45, 7) is 6.26. The van der Waals surface area contributed by atoms with Crippen molar-refractivity contribution in [3.8, 4) is 0 Å². The lowest BCUT2D eigenvalue weighted by Gasteiger charge is -2.23. The maximum atomic E-state index is 5.82. The standard InChI is InChI=1S/C10H21N3S/c1-10(2,3)13-9(11)12-8-5-4-6-14-7-8/h8H,4-7H2,1-3H3,(H3,11,12,13). The van der Waals surface area contributed by atoms with Crippen molar-refractivity contribution in [3.63, 3.8) is 0 Å². The maximum Gasteiger partial charge on any atom is 0.189 e. The van der Waals surface area contributed by atoms with Gasteiger partial charge in [0, 0.05) is 11.3 Å². The summed E-state index contributed by atoms with van der Waals surface area (Å²) >= 11 is 1.97. The molecule has 1 aliphatic heterocycles. The highest BCUT2D eigenvalue weighted by Crippen LogP contribution is 2.19. The predicted molar refractivity (Wildman–Crippen MR) is 64.9 cm³/mol. The van der Waals surface area contributed by atoms with Gasteiger partial charge in [0.15, 0.2) is 5.96 Å². The van der Waals surface area contributed by atoms with Crippen LogP contribution in [0, 0.1) is 0 Å². The van der Waals surface area contributed by atoms with Crippen molar-refractivity contribution in [3.05, 3.63) is 0 Å². The van der Waals surface area contributed by atoms with Gasteiger partial charge in [0.1, 0.15) is 0 Å². The molecule has 1 heterocycles. The lowest BCUT2D eigenvalue weighted by molar-refractivity contribution is 0.505. The third kappa shape index (κ3) is 4.74. The molecule has 82 valence electrons. The number of thioether (sulfide) groups is 1. The molecule has 0 aromatic heterocycles. The van der Waals surface area contributed by atoms with Crippen molar-refractivity contribution in [1.29, 1.82) is 0 Å². The molecule has 0 spiro atoms. The summed E-state index contributed by atoms with van der Waals surface area (Å²) < 4.78 is 0. The van der Waals surface area contributed by atoms with Gasteiger partial charge in [0.05, 0.1) is 6.04 Å². The predicted octanol–water partition coefficient (Wildman–Crippen LogP) is 1.58. The average molecular weight is 215 g/mol. The summed E-state index contributed by atoms with van der Waals surface area (Å²) in [6, 6.07) is 0.420. The Morgan fingerprint density at radius 3 is 2.71 bits per heavy atom. The number of nitrogens with two attached hydrogens (primary N) is 1. The van der Waals surface area contributed by atoms with Gasteiger partial charge in [-0.2, -0.15) is 11.8 Å². The Balaban J connectivity index is 2.41. The Hall–Kier alpha value is -0.380. The van der Waals surface area contributed by atoms with Gasteiger partial charge in [-0.15, -0.1) is 0 Å². The zero-order valence-corrected chi connectivity index (χ0v) is 10.2. The van der Waals surface area contributed by atoms with Gasteiger partial charge in [-0.3, -0.25) is 0 Å². The zero-order valence-electron chi connectivity index (χ0n) is 9.34. The quantitative estimate of drug-likeness (QED) is 0.516. The second kappa shape index (κ2) is 4.91. The van der Waals surface area contributed by atoms with E-state index in [-0.39, 0.29) is 5.54 Å². The van der Waals surface area contributed by atoms with Crippen LogP contribution in [-0.4, -0.2) is 29.0 Å². The van der Waals surface area contributed by atoms with Crippen molar-refractivity contribution < 1.29 is 0 Å². The monoisotopic (exact) mass is 215 g/mol. The van der Waals surface area contributed by atoms with Gasteiger partial charge in [0.2, 0.25) is 0 Å². The number of nitrogens with one attached hydrogen (secondary N) is 1. The van der Waals surface area contributed by atoms with Crippen LogP contribution in [0.5, 0.6) is 0 Å². The molecule has 0 aromatic carbocycles. The molecule has 0 bridgehead atoms. The molecule has 1 atom stereocenters. The summed E-state index contributed by atoms with van der Waals surface area (Å²) in [5.74, 6) is 2.98. The molecule has 1 unspecified atom stereocenters. The Bertz CT molecular complexity index is 202. The van der Waals surface area contributed by atoms with Gasteiger partial charge in [-0.05, 0) is 39.4 Å². The Labute approximate surface area is 90.9 Å². The third-order valence-corrected chi connectivity index (χ3v) is 3.16. The smallest absolute Gasteiger partial charge is 0.189 e. The van der Waals surface area contributed by atoms with E-state index in [0.29, 0.717) is 12.0 Å². The number of hydrogen-bond acceptors (Lipinski definition) is 2. The minimum atomic E-state index is 0.00932. The fraction of sp³-hybridized carbons (Fsp3) is 0.900. The van der Waals surface area contributed by atoms with Crippen LogP contribution in [0.3, 0.4) is 0 Å². The molecule has 3 N–H and O–H groups in total. The van der Waals surface area contributed by atoms with Crippen LogP contribution < -0.4 is 11.1 Å². The van der Waals surface area contributed by atoms with Crippen molar-refractivity contribution in [2.75, 3.05) is 11.5 Å². The van der Waals surface area contributed by atoms with Crippen LogP contribution in [0.4, 0.5) is 0 Å². The van der Waals surface area contributed by atoms with E-state index in [2.05, 4.69) is 31.1 Å². The van der Waals surface area contributed by atoms with Crippen LogP contribution in [0.1, 0.15) is 33.6 Å². The summed E-state index contributed by atoms with van der Waals surface area (Å²) in [7, 11) is 0. The van der Waals surface area contributed by atoms with Crippen molar-refractivity contribution in [2.24, 2.45) is 10.7 Å². The number of aliphatic imine (C=N–C) groups is 1. The lowest BCUT2D eigenvalue weighted by atomic mass is 10.1. The molecule has 0 saturated carbocycles. The second-order valence-corrected chi connectivity index (χ2v) is 5.91. The molecule has 0 aromatic rings. The van der Waals surface area contributed by atoms with Gasteiger partial charge < -0.3 is 11.1 Å². The SMILES string of the molecule is CC(C)(C)NC(N)=NC1CCCSC1. The van der Waals surface area contributed by atoms with E-state index >= 15 is 0 Å². The molecule has 1 fully saturated rings. The summed E-state index contributed by atoms with van der Waals surface area (Å²) in [5.41, 5.74) is 5.83. The first-order valence-corrected chi connectivity index (χ1v) is 6.32. The molecule has 1 rings (SSSR count). The molecular weight excluding hydrogens is 194 g/mol. The normalized spacial score (nSPS) is 24.8.